The highest BCUT2D eigenvalue weighted by atomic mass is 16.5. The third-order valence-electron chi connectivity index (χ3n) is 3.16. The van der Waals surface area contributed by atoms with Crippen LogP contribution < -0.4 is 5.32 Å². The zero-order valence-electron chi connectivity index (χ0n) is 11.9. The van der Waals surface area contributed by atoms with Gasteiger partial charge in [-0.2, -0.15) is 9.90 Å². The SMILES string of the molecule is COC(=O)C1CCCN1C(=O)Cn1ncc(NC(C)=O)n1. The van der Waals surface area contributed by atoms with Gasteiger partial charge in [-0.3, -0.25) is 9.59 Å². The summed E-state index contributed by atoms with van der Waals surface area (Å²) in [7, 11) is 1.30. The van der Waals surface area contributed by atoms with Crippen molar-refractivity contribution in [3.8, 4) is 0 Å². The van der Waals surface area contributed by atoms with Crippen LogP contribution in [0, 0.1) is 0 Å². The third kappa shape index (κ3) is 3.56. The number of rotatable bonds is 4. The van der Waals surface area contributed by atoms with Gasteiger partial charge >= 0.3 is 5.97 Å². The smallest absolute Gasteiger partial charge is 0.328 e. The number of carbonyl (C=O) groups excluding carboxylic acids is 3. The van der Waals surface area contributed by atoms with Crippen LogP contribution in [0.1, 0.15) is 19.8 Å². The first kappa shape index (κ1) is 14.9. The molecule has 0 saturated carbocycles. The second-order valence-corrected chi connectivity index (χ2v) is 4.71. The summed E-state index contributed by atoms with van der Waals surface area (Å²) in [4.78, 5) is 37.4. The van der Waals surface area contributed by atoms with E-state index in [0.29, 0.717) is 13.0 Å². The molecule has 1 atom stereocenters. The summed E-state index contributed by atoms with van der Waals surface area (Å²) in [6, 6.07) is -0.534. The molecule has 2 amide bonds. The average molecular weight is 295 g/mol. The lowest BCUT2D eigenvalue weighted by Crippen LogP contribution is -2.42. The minimum Gasteiger partial charge on any atom is -0.467 e. The number of nitrogens with zero attached hydrogens (tertiary/aromatic N) is 4. The largest absolute Gasteiger partial charge is 0.467 e. The van der Waals surface area contributed by atoms with E-state index in [9.17, 15) is 14.4 Å². The maximum atomic E-state index is 12.2. The van der Waals surface area contributed by atoms with Gasteiger partial charge in [-0.15, -0.1) is 5.10 Å². The number of anilines is 1. The van der Waals surface area contributed by atoms with Crippen molar-refractivity contribution in [1.29, 1.82) is 0 Å². The Kier molecular flexibility index (Phi) is 4.51. The number of likely N-dealkylation sites (tertiary alicyclic amines) is 1. The van der Waals surface area contributed by atoms with Crippen molar-refractivity contribution in [1.82, 2.24) is 19.9 Å². The summed E-state index contributed by atoms with van der Waals surface area (Å²) in [6.45, 7) is 1.78. The minimum absolute atomic E-state index is 0.0902. The lowest BCUT2D eigenvalue weighted by molar-refractivity contribution is -0.151. The molecule has 1 aromatic rings. The first-order chi connectivity index (χ1) is 10.0. The fraction of sp³-hybridized carbons (Fsp3) is 0.583. The standard InChI is InChI=1S/C12H17N5O4/c1-8(18)14-10-6-13-17(15-10)7-11(19)16-5-3-4-9(16)12(20)21-2/h6,9H,3-5,7H2,1-2H3,(H,14,15,18). The van der Waals surface area contributed by atoms with Gasteiger partial charge in [0.1, 0.15) is 12.6 Å². The fourth-order valence-electron chi connectivity index (χ4n) is 2.27. The molecule has 1 aliphatic heterocycles. The second kappa shape index (κ2) is 6.33. The molecule has 1 saturated heterocycles. The second-order valence-electron chi connectivity index (χ2n) is 4.71. The Balaban J connectivity index is 1.99. The number of carbonyl (C=O) groups is 3. The molecule has 2 rings (SSSR count). The number of methoxy groups -OCH3 is 1. The number of ether oxygens (including phenoxy) is 1. The molecule has 1 N–H and O–H groups in total. The zero-order chi connectivity index (χ0) is 15.4. The number of nitrogens with one attached hydrogen (secondary N) is 1. The van der Waals surface area contributed by atoms with E-state index in [-0.39, 0.29) is 24.2 Å². The number of hydrogen-bond donors (Lipinski definition) is 1. The number of aromatic nitrogens is 3. The van der Waals surface area contributed by atoms with Gasteiger partial charge in [0.25, 0.3) is 0 Å². The molecule has 1 aromatic heterocycles. The molecule has 2 heterocycles. The molecule has 9 nitrogen and oxygen atoms in total. The molecule has 0 aromatic carbocycles. The van der Waals surface area contributed by atoms with E-state index in [1.54, 1.807) is 0 Å². The Morgan fingerprint density at radius 2 is 2.24 bits per heavy atom. The molecular formula is C12H17N5O4. The minimum atomic E-state index is -0.534. The fourth-order valence-corrected chi connectivity index (χ4v) is 2.27. The lowest BCUT2D eigenvalue weighted by atomic mass is 10.2. The Labute approximate surface area is 121 Å². The van der Waals surface area contributed by atoms with Crippen LogP contribution in [0.5, 0.6) is 0 Å². The van der Waals surface area contributed by atoms with Crippen LogP contribution >= 0.6 is 0 Å². The van der Waals surface area contributed by atoms with E-state index in [2.05, 4.69) is 15.5 Å². The highest BCUT2D eigenvalue weighted by Crippen LogP contribution is 2.18. The first-order valence-electron chi connectivity index (χ1n) is 6.56. The van der Waals surface area contributed by atoms with Gasteiger partial charge in [-0.1, -0.05) is 0 Å². The Bertz CT molecular complexity index is 556. The molecule has 0 spiro atoms. The van der Waals surface area contributed by atoms with E-state index >= 15 is 0 Å². The molecular weight excluding hydrogens is 278 g/mol. The van der Waals surface area contributed by atoms with E-state index < -0.39 is 12.0 Å². The molecule has 1 fully saturated rings. The molecule has 0 bridgehead atoms. The zero-order valence-corrected chi connectivity index (χ0v) is 11.9. The van der Waals surface area contributed by atoms with Gasteiger partial charge in [-0.25, -0.2) is 4.79 Å². The quantitative estimate of drug-likeness (QED) is 0.743. The van der Waals surface area contributed by atoms with E-state index in [0.717, 1.165) is 6.42 Å². The van der Waals surface area contributed by atoms with Crippen molar-refractivity contribution in [2.45, 2.75) is 32.4 Å². The van der Waals surface area contributed by atoms with Crippen molar-refractivity contribution in [2.24, 2.45) is 0 Å². The third-order valence-corrected chi connectivity index (χ3v) is 3.16. The summed E-state index contributed by atoms with van der Waals surface area (Å²) in [5.74, 6) is -0.652. The summed E-state index contributed by atoms with van der Waals surface area (Å²) in [5.41, 5.74) is 0. The van der Waals surface area contributed by atoms with Crippen LogP contribution in [0.4, 0.5) is 5.82 Å². The molecule has 21 heavy (non-hydrogen) atoms. The van der Waals surface area contributed by atoms with E-state index in [1.165, 1.54) is 29.9 Å². The maximum absolute atomic E-state index is 12.2. The predicted octanol–water partition coefficient (Wildman–Crippen LogP) is -0.599. The summed E-state index contributed by atoms with van der Waals surface area (Å²) in [5, 5.41) is 10.3. The van der Waals surface area contributed by atoms with Crippen molar-refractivity contribution in [3.63, 3.8) is 0 Å². The molecule has 0 aliphatic carbocycles. The lowest BCUT2D eigenvalue weighted by Gasteiger charge is -2.22. The predicted molar refractivity (Wildman–Crippen MR) is 71.1 cm³/mol. The van der Waals surface area contributed by atoms with Gasteiger partial charge in [0.15, 0.2) is 5.82 Å². The Hall–Kier alpha value is -2.45. The molecule has 1 unspecified atom stereocenters. The number of hydrogen-bond acceptors (Lipinski definition) is 6. The van der Waals surface area contributed by atoms with Crippen molar-refractivity contribution < 1.29 is 19.1 Å². The van der Waals surface area contributed by atoms with Crippen LogP contribution in [0.15, 0.2) is 6.20 Å². The topological polar surface area (TPSA) is 106 Å². The van der Waals surface area contributed by atoms with Crippen molar-refractivity contribution >= 4 is 23.6 Å². The summed E-state index contributed by atoms with van der Waals surface area (Å²) >= 11 is 0. The molecule has 0 radical (unpaired) electrons. The van der Waals surface area contributed by atoms with Crippen molar-refractivity contribution in [3.05, 3.63) is 6.20 Å². The Morgan fingerprint density at radius 3 is 2.90 bits per heavy atom. The van der Waals surface area contributed by atoms with E-state index in [1.807, 2.05) is 0 Å². The first-order valence-corrected chi connectivity index (χ1v) is 6.56. The van der Waals surface area contributed by atoms with E-state index in [4.69, 9.17) is 4.74 Å². The van der Waals surface area contributed by atoms with Gasteiger partial charge < -0.3 is 15.0 Å². The normalized spacial score (nSPS) is 17.6. The highest BCUT2D eigenvalue weighted by Gasteiger charge is 2.34. The molecule has 1 aliphatic rings. The van der Waals surface area contributed by atoms with Gasteiger partial charge in [0.05, 0.1) is 13.3 Å². The van der Waals surface area contributed by atoms with Crippen LogP contribution in [-0.4, -0.2) is 57.4 Å². The number of amides is 2. The molecule has 9 heteroatoms. The van der Waals surface area contributed by atoms with Gasteiger partial charge in [0, 0.05) is 13.5 Å². The summed E-state index contributed by atoms with van der Waals surface area (Å²) in [6.07, 6.45) is 2.72. The van der Waals surface area contributed by atoms with Gasteiger partial charge in [-0.05, 0) is 12.8 Å². The summed E-state index contributed by atoms with van der Waals surface area (Å²) < 4.78 is 4.69. The van der Waals surface area contributed by atoms with Gasteiger partial charge in [0.2, 0.25) is 11.8 Å². The highest BCUT2D eigenvalue weighted by molar-refractivity contribution is 5.87. The maximum Gasteiger partial charge on any atom is 0.328 e. The number of esters is 1. The monoisotopic (exact) mass is 295 g/mol. The molecule has 114 valence electrons. The van der Waals surface area contributed by atoms with Crippen molar-refractivity contribution in [2.75, 3.05) is 19.0 Å². The van der Waals surface area contributed by atoms with Crippen LogP contribution in [0.25, 0.3) is 0 Å². The van der Waals surface area contributed by atoms with Crippen LogP contribution in [0.2, 0.25) is 0 Å². The Morgan fingerprint density at radius 1 is 1.48 bits per heavy atom. The van der Waals surface area contributed by atoms with Crippen LogP contribution in [0.3, 0.4) is 0 Å². The van der Waals surface area contributed by atoms with Crippen LogP contribution in [-0.2, 0) is 25.7 Å². The average Bonchev–Trinajstić information content (AvgIpc) is 3.06.